The van der Waals surface area contributed by atoms with Crippen LogP contribution in [0.5, 0.6) is 11.5 Å². The molecular weight excluding hydrogens is 352 g/mol. The maximum atomic E-state index is 11.9. The molecule has 0 bridgehead atoms. The van der Waals surface area contributed by atoms with Gasteiger partial charge >= 0.3 is 12.0 Å². The summed E-state index contributed by atoms with van der Waals surface area (Å²) in [6, 6.07) is 4.62. The lowest BCUT2D eigenvalue weighted by molar-refractivity contribution is -0.149. The first-order chi connectivity index (χ1) is 12.9. The van der Waals surface area contributed by atoms with Crippen LogP contribution in [-0.4, -0.2) is 44.3 Å². The van der Waals surface area contributed by atoms with Crippen molar-refractivity contribution in [2.24, 2.45) is 0 Å². The van der Waals surface area contributed by atoms with Crippen molar-refractivity contribution in [2.45, 2.75) is 33.3 Å². The largest absolute Gasteiger partial charge is 0.490 e. The molecule has 1 rings (SSSR count). The topological polar surface area (TPSA) is 103 Å². The minimum absolute atomic E-state index is 0.482. The summed E-state index contributed by atoms with van der Waals surface area (Å²) in [5, 5.41) is 4.27. The third-order valence-electron chi connectivity index (χ3n) is 3.27. The molecule has 148 valence electrons. The van der Waals surface area contributed by atoms with E-state index in [0.717, 1.165) is 6.42 Å². The molecule has 27 heavy (non-hydrogen) atoms. The average molecular weight is 378 g/mol. The fourth-order valence-corrected chi connectivity index (χ4v) is 1.94. The highest BCUT2D eigenvalue weighted by atomic mass is 16.5. The van der Waals surface area contributed by atoms with E-state index in [-0.39, 0.29) is 0 Å². The van der Waals surface area contributed by atoms with Gasteiger partial charge in [-0.2, -0.15) is 0 Å². The molecule has 0 heterocycles. The zero-order valence-electron chi connectivity index (χ0n) is 16.0. The van der Waals surface area contributed by atoms with Crippen molar-refractivity contribution in [1.29, 1.82) is 0 Å². The zero-order chi connectivity index (χ0) is 20.2. The summed E-state index contributed by atoms with van der Waals surface area (Å²) in [5.41, 5.74) is 0.710. The Morgan fingerprint density at radius 3 is 2.52 bits per heavy atom. The van der Waals surface area contributed by atoms with Crippen molar-refractivity contribution in [3.8, 4) is 11.5 Å². The first-order valence-electron chi connectivity index (χ1n) is 8.72. The SMILES string of the molecule is CCCOc1ccc(/C=C/C(=O)OC(C)C(=O)NC(=O)NC)cc1OCC. The summed E-state index contributed by atoms with van der Waals surface area (Å²) in [6.45, 7) is 6.32. The monoisotopic (exact) mass is 378 g/mol. The zero-order valence-corrected chi connectivity index (χ0v) is 16.0. The predicted octanol–water partition coefficient (Wildman–Crippen LogP) is 2.27. The summed E-state index contributed by atoms with van der Waals surface area (Å²) in [7, 11) is 1.37. The van der Waals surface area contributed by atoms with Crippen molar-refractivity contribution in [1.82, 2.24) is 10.6 Å². The van der Waals surface area contributed by atoms with E-state index < -0.39 is 24.0 Å². The number of ether oxygens (including phenoxy) is 3. The minimum Gasteiger partial charge on any atom is -0.490 e. The molecule has 0 aliphatic rings. The second kappa shape index (κ2) is 11.6. The second-order valence-electron chi connectivity index (χ2n) is 5.47. The van der Waals surface area contributed by atoms with Crippen LogP contribution in [0.4, 0.5) is 4.79 Å². The van der Waals surface area contributed by atoms with Crippen molar-refractivity contribution < 1.29 is 28.6 Å². The number of hydrogen-bond acceptors (Lipinski definition) is 6. The highest BCUT2D eigenvalue weighted by Gasteiger charge is 2.18. The Hall–Kier alpha value is -3.03. The van der Waals surface area contributed by atoms with Crippen LogP contribution in [0.1, 0.15) is 32.8 Å². The Labute approximate surface area is 158 Å². The number of benzene rings is 1. The number of imide groups is 1. The Kier molecular flexibility index (Phi) is 9.42. The number of amides is 3. The molecule has 1 atom stereocenters. The molecule has 0 aromatic heterocycles. The number of esters is 1. The van der Waals surface area contributed by atoms with E-state index in [0.29, 0.717) is 30.3 Å². The van der Waals surface area contributed by atoms with E-state index in [4.69, 9.17) is 14.2 Å². The van der Waals surface area contributed by atoms with Gasteiger partial charge in [-0.1, -0.05) is 13.0 Å². The van der Waals surface area contributed by atoms with Crippen molar-refractivity contribution in [3.05, 3.63) is 29.8 Å². The lowest BCUT2D eigenvalue weighted by Gasteiger charge is -2.12. The quantitative estimate of drug-likeness (QED) is 0.505. The van der Waals surface area contributed by atoms with Crippen LogP contribution in [0.3, 0.4) is 0 Å². The van der Waals surface area contributed by atoms with Gasteiger partial charge in [0.2, 0.25) is 0 Å². The van der Waals surface area contributed by atoms with Gasteiger partial charge in [-0.05, 0) is 44.0 Å². The molecule has 8 heteroatoms. The normalized spacial score (nSPS) is 11.6. The molecular formula is C19H26N2O6. The molecule has 1 unspecified atom stereocenters. The van der Waals surface area contributed by atoms with Gasteiger partial charge < -0.3 is 19.5 Å². The van der Waals surface area contributed by atoms with E-state index >= 15 is 0 Å². The van der Waals surface area contributed by atoms with E-state index in [1.54, 1.807) is 18.2 Å². The highest BCUT2D eigenvalue weighted by Crippen LogP contribution is 2.29. The summed E-state index contributed by atoms with van der Waals surface area (Å²) >= 11 is 0. The van der Waals surface area contributed by atoms with E-state index in [9.17, 15) is 14.4 Å². The summed E-state index contributed by atoms with van der Waals surface area (Å²) < 4.78 is 16.1. The lowest BCUT2D eigenvalue weighted by atomic mass is 10.2. The smallest absolute Gasteiger partial charge is 0.331 e. The van der Waals surface area contributed by atoms with Gasteiger partial charge in [-0.25, -0.2) is 9.59 Å². The minimum atomic E-state index is -1.11. The van der Waals surface area contributed by atoms with Crippen LogP contribution in [0.2, 0.25) is 0 Å². The van der Waals surface area contributed by atoms with Crippen LogP contribution in [0.25, 0.3) is 6.08 Å². The molecule has 0 fully saturated rings. The highest BCUT2D eigenvalue weighted by molar-refractivity contribution is 5.97. The predicted molar refractivity (Wildman–Crippen MR) is 101 cm³/mol. The molecule has 1 aromatic rings. The number of urea groups is 1. The fraction of sp³-hybridized carbons (Fsp3) is 0.421. The fourth-order valence-electron chi connectivity index (χ4n) is 1.94. The Balaban J connectivity index is 2.71. The Bertz CT molecular complexity index is 687. The lowest BCUT2D eigenvalue weighted by Crippen LogP contribution is -2.43. The maximum absolute atomic E-state index is 11.9. The van der Waals surface area contributed by atoms with Crippen LogP contribution >= 0.6 is 0 Å². The number of carbonyl (C=O) groups excluding carboxylic acids is 3. The van der Waals surface area contributed by atoms with Gasteiger partial charge in [0.05, 0.1) is 13.2 Å². The molecule has 0 aliphatic carbocycles. The van der Waals surface area contributed by atoms with Gasteiger partial charge in [0.1, 0.15) is 0 Å². The molecule has 3 amide bonds. The standard InChI is InChI=1S/C19H26N2O6/c1-5-11-26-15-9-7-14(12-16(15)25-6-2)8-10-17(22)27-13(3)18(23)21-19(24)20-4/h7-10,12-13H,5-6,11H2,1-4H3,(H2,20,21,23,24)/b10-8+. The summed E-state index contributed by atoms with van der Waals surface area (Å²) in [5.74, 6) is -0.205. The summed E-state index contributed by atoms with van der Waals surface area (Å²) in [4.78, 5) is 34.6. The van der Waals surface area contributed by atoms with Gasteiger partial charge in [0, 0.05) is 13.1 Å². The van der Waals surface area contributed by atoms with Gasteiger partial charge in [0.25, 0.3) is 5.91 Å². The molecule has 2 N–H and O–H groups in total. The number of hydrogen-bond donors (Lipinski definition) is 2. The first kappa shape index (κ1) is 22.0. The average Bonchev–Trinajstić information content (AvgIpc) is 2.65. The molecule has 0 spiro atoms. The van der Waals surface area contributed by atoms with E-state index in [2.05, 4.69) is 5.32 Å². The van der Waals surface area contributed by atoms with Crippen LogP contribution in [-0.2, 0) is 14.3 Å². The van der Waals surface area contributed by atoms with Gasteiger partial charge in [-0.15, -0.1) is 0 Å². The van der Waals surface area contributed by atoms with Crippen LogP contribution in [0.15, 0.2) is 24.3 Å². The second-order valence-corrected chi connectivity index (χ2v) is 5.47. The summed E-state index contributed by atoms with van der Waals surface area (Å²) in [6.07, 6.45) is 2.51. The van der Waals surface area contributed by atoms with Crippen molar-refractivity contribution in [3.63, 3.8) is 0 Å². The molecule has 0 saturated heterocycles. The van der Waals surface area contributed by atoms with Crippen LogP contribution in [0, 0.1) is 0 Å². The third kappa shape index (κ3) is 7.81. The Morgan fingerprint density at radius 2 is 1.89 bits per heavy atom. The van der Waals surface area contributed by atoms with Crippen molar-refractivity contribution >= 4 is 24.0 Å². The first-order valence-corrected chi connectivity index (χ1v) is 8.72. The molecule has 0 aliphatic heterocycles. The molecule has 0 radical (unpaired) electrons. The van der Waals surface area contributed by atoms with Crippen molar-refractivity contribution in [2.75, 3.05) is 20.3 Å². The van der Waals surface area contributed by atoms with E-state index in [1.165, 1.54) is 26.1 Å². The van der Waals surface area contributed by atoms with E-state index in [1.807, 2.05) is 19.2 Å². The molecule has 8 nitrogen and oxygen atoms in total. The number of nitrogens with one attached hydrogen (secondary N) is 2. The molecule has 0 saturated carbocycles. The van der Waals surface area contributed by atoms with Gasteiger partial charge in [-0.3, -0.25) is 10.1 Å². The van der Waals surface area contributed by atoms with Crippen LogP contribution < -0.4 is 20.1 Å². The number of carbonyl (C=O) groups is 3. The maximum Gasteiger partial charge on any atom is 0.331 e. The Morgan fingerprint density at radius 1 is 1.15 bits per heavy atom. The number of rotatable bonds is 9. The third-order valence-corrected chi connectivity index (χ3v) is 3.27. The molecule has 1 aromatic carbocycles. The van der Waals surface area contributed by atoms with Gasteiger partial charge in [0.15, 0.2) is 17.6 Å².